The predicted molar refractivity (Wildman–Crippen MR) is 50.5 cm³/mol. The van der Waals surface area contributed by atoms with Crippen LogP contribution in [0.4, 0.5) is 0 Å². The second kappa shape index (κ2) is 5.03. The molecule has 0 saturated carbocycles. The molecule has 2 heteroatoms. The van der Waals surface area contributed by atoms with Gasteiger partial charge in [0.15, 0.2) is 0 Å². The summed E-state index contributed by atoms with van der Waals surface area (Å²) < 4.78 is 1.10. The minimum absolute atomic E-state index is 1.10. The second-order valence-electron chi connectivity index (χ2n) is 3.56. The van der Waals surface area contributed by atoms with Crippen molar-refractivity contribution in [3.05, 3.63) is 0 Å². The molecule has 0 amide bonds. The molecule has 1 nitrogen and oxygen atoms in total. The molecule has 0 rings (SSSR count). The Balaban J connectivity index is 3.04. The van der Waals surface area contributed by atoms with Crippen LogP contribution in [0.15, 0.2) is 0 Å². The van der Waals surface area contributed by atoms with Crippen LogP contribution in [0.1, 0.15) is 13.3 Å². The predicted octanol–water partition coefficient (Wildman–Crippen LogP) is 1.84. The van der Waals surface area contributed by atoms with E-state index in [1.54, 1.807) is 0 Å². The van der Waals surface area contributed by atoms with Gasteiger partial charge in [0.25, 0.3) is 0 Å². The Morgan fingerprint density at radius 1 is 1.20 bits per heavy atom. The van der Waals surface area contributed by atoms with Gasteiger partial charge < -0.3 is 4.48 Å². The SMILES string of the molecule is CCSCCC[N+](C)(C)C. The average molecular weight is 162 g/mol. The number of nitrogens with zero attached hydrogens (tertiary/aromatic N) is 1. The fourth-order valence-corrected chi connectivity index (χ4v) is 1.41. The van der Waals surface area contributed by atoms with Crippen molar-refractivity contribution in [2.24, 2.45) is 0 Å². The van der Waals surface area contributed by atoms with Gasteiger partial charge >= 0.3 is 0 Å². The van der Waals surface area contributed by atoms with Crippen LogP contribution in [-0.4, -0.2) is 43.7 Å². The first kappa shape index (κ1) is 10.3. The Labute approximate surface area is 69.4 Å². The van der Waals surface area contributed by atoms with Gasteiger partial charge in [-0.1, -0.05) is 6.92 Å². The van der Waals surface area contributed by atoms with E-state index in [9.17, 15) is 0 Å². The highest BCUT2D eigenvalue weighted by Crippen LogP contribution is 2.02. The third-order valence-electron chi connectivity index (χ3n) is 1.32. The minimum atomic E-state index is 1.10. The lowest BCUT2D eigenvalue weighted by atomic mass is 10.4. The van der Waals surface area contributed by atoms with Crippen molar-refractivity contribution in [2.45, 2.75) is 13.3 Å². The normalized spacial score (nSPS) is 12.0. The molecular weight excluding hydrogens is 142 g/mol. The lowest BCUT2D eigenvalue weighted by Gasteiger charge is -2.23. The molecule has 0 unspecified atom stereocenters. The number of hydrogen-bond donors (Lipinski definition) is 0. The fourth-order valence-electron chi connectivity index (χ4n) is 0.785. The molecule has 0 aromatic heterocycles. The van der Waals surface area contributed by atoms with E-state index in [4.69, 9.17) is 0 Å². The van der Waals surface area contributed by atoms with E-state index in [-0.39, 0.29) is 0 Å². The van der Waals surface area contributed by atoms with E-state index in [1.807, 2.05) is 11.8 Å². The van der Waals surface area contributed by atoms with Crippen LogP contribution in [0.25, 0.3) is 0 Å². The molecule has 0 N–H and O–H groups in total. The summed E-state index contributed by atoms with van der Waals surface area (Å²) in [5, 5.41) is 0. The van der Waals surface area contributed by atoms with E-state index in [1.165, 1.54) is 24.5 Å². The van der Waals surface area contributed by atoms with E-state index in [0.717, 1.165) is 4.48 Å². The maximum absolute atomic E-state index is 2.25. The van der Waals surface area contributed by atoms with Crippen molar-refractivity contribution >= 4 is 11.8 Å². The smallest absolute Gasteiger partial charge is 0.0788 e. The van der Waals surface area contributed by atoms with E-state index in [2.05, 4.69) is 28.1 Å². The largest absolute Gasteiger partial charge is 0.331 e. The highest BCUT2D eigenvalue weighted by atomic mass is 32.2. The van der Waals surface area contributed by atoms with E-state index in [0.29, 0.717) is 0 Å². The van der Waals surface area contributed by atoms with Gasteiger partial charge in [0.1, 0.15) is 0 Å². The Kier molecular flexibility index (Phi) is 5.18. The highest BCUT2D eigenvalue weighted by molar-refractivity contribution is 7.99. The zero-order chi connectivity index (χ0) is 8.04. The third kappa shape index (κ3) is 8.31. The molecule has 10 heavy (non-hydrogen) atoms. The first-order chi connectivity index (χ1) is 4.56. The molecular formula is C8H20NS+. The molecule has 0 saturated heterocycles. The van der Waals surface area contributed by atoms with Gasteiger partial charge in [0.05, 0.1) is 27.7 Å². The summed E-state index contributed by atoms with van der Waals surface area (Å²) in [4.78, 5) is 0. The van der Waals surface area contributed by atoms with Gasteiger partial charge in [-0.15, -0.1) is 0 Å². The van der Waals surface area contributed by atoms with Crippen molar-refractivity contribution in [1.29, 1.82) is 0 Å². The summed E-state index contributed by atoms with van der Waals surface area (Å²) in [7, 11) is 6.74. The van der Waals surface area contributed by atoms with E-state index >= 15 is 0 Å². The van der Waals surface area contributed by atoms with Crippen molar-refractivity contribution in [3.8, 4) is 0 Å². The second-order valence-corrected chi connectivity index (χ2v) is 4.96. The highest BCUT2D eigenvalue weighted by Gasteiger charge is 2.04. The summed E-state index contributed by atoms with van der Waals surface area (Å²) in [6, 6.07) is 0. The molecule has 0 bridgehead atoms. The Morgan fingerprint density at radius 2 is 1.80 bits per heavy atom. The standard InChI is InChI=1S/C8H20NS/c1-5-10-8-6-7-9(2,3)4/h5-8H2,1-4H3/q+1. The van der Waals surface area contributed by atoms with Gasteiger partial charge in [0.2, 0.25) is 0 Å². The van der Waals surface area contributed by atoms with Crippen LogP contribution >= 0.6 is 11.8 Å². The Morgan fingerprint density at radius 3 is 2.20 bits per heavy atom. The molecule has 0 aliphatic rings. The van der Waals surface area contributed by atoms with Crippen LogP contribution in [0.2, 0.25) is 0 Å². The van der Waals surface area contributed by atoms with Gasteiger partial charge in [-0.25, -0.2) is 0 Å². The number of hydrogen-bond acceptors (Lipinski definition) is 1. The molecule has 0 radical (unpaired) electrons. The average Bonchev–Trinajstić information content (AvgIpc) is 1.78. The molecule has 0 aromatic rings. The zero-order valence-corrected chi connectivity index (χ0v) is 8.50. The summed E-state index contributed by atoms with van der Waals surface area (Å²) >= 11 is 2.04. The number of quaternary nitrogens is 1. The molecule has 0 aliphatic heterocycles. The maximum Gasteiger partial charge on any atom is 0.0788 e. The molecule has 0 heterocycles. The summed E-state index contributed by atoms with van der Waals surface area (Å²) in [5.41, 5.74) is 0. The molecule has 0 aliphatic carbocycles. The van der Waals surface area contributed by atoms with Crippen LogP contribution in [0.3, 0.4) is 0 Å². The minimum Gasteiger partial charge on any atom is -0.331 e. The summed E-state index contributed by atoms with van der Waals surface area (Å²) in [5.74, 6) is 2.59. The van der Waals surface area contributed by atoms with Gasteiger partial charge in [-0.3, -0.25) is 0 Å². The van der Waals surface area contributed by atoms with Crippen molar-refractivity contribution in [1.82, 2.24) is 0 Å². The maximum atomic E-state index is 2.25. The third-order valence-corrected chi connectivity index (χ3v) is 2.31. The van der Waals surface area contributed by atoms with Gasteiger partial charge in [-0.2, -0.15) is 11.8 Å². The van der Waals surface area contributed by atoms with Crippen molar-refractivity contribution in [2.75, 3.05) is 39.2 Å². The molecule has 0 fully saturated rings. The monoisotopic (exact) mass is 162 g/mol. The summed E-state index contributed by atoms with van der Waals surface area (Å²) in [6.45, 7) is 3.52. The number of rotatable bonds is 5. The Hall–Kier alpha value is 0.310. The quantitative estimate of drug-likeness (QED) is 0.439. The van der Waals surface area contributed by atoms with Crippen LogP contribution < -0.4 is 0 Å². The molecule has 0 aromatic carbocycles. The molecule has 0 spiro atoms. The van der Waals surface area contributed by atoms with Crippen LogP contribution in [0, 0.1) is 0 Å². The Bertz CT molecular complexity index is 75.8. The van der Waals surface area contributed by atoms with Crippen molar-refractivity contribution < 1.29 is 4.48 Å². The van der Waals surface area contributed by atoms with Crippen LogP contribution in [-0.2, 0) is 0 Å². The van der Waals surface area contributed by atoms with E-state index < -0.39 is 0 Å². The van der Waals surface area contributed by atoms with Gasteiger partial charge in [-0.05, 0) is 11.5 Å². The van der Waals surface area contributed by atoms with Gasteiger partial charge in [0, 0.05) is 6.42 Å². The summed E-state index contributed by atoms with van der Waals surface area (Å²) in [6.07, 6.45) is 1.35. The van der Waals surface area contributed by atoms with Crippen LogP contribution in [0.5, 0.6) is 0 Å². The van der Waals surface area contributed by atoms with Crippen molar-refractivity contribution in [3.63, 3.8) is 0 Å². The first-order valence-electron chi connectivity index (χ1n) is 3.94. The molecule has 0 atom stereocenters. The fraction of sp³-hybridized carbons (Fsp3) is 1.00. The molecule has 62 valence electrons. The lowest BCUT2D eigenvalue weighted by Crippen LogP contribution is -2.35. The lowest BCUT2D eigenvalue weighted by molar-refractivity contribution is -0.870. The zero-order valence-electron chi connectivity index (χ0n) is 7.68. The number of thioether (sulfide) groups is 1. The topological polar surface area (TPSA) is 0 Å². The first-order valence-corrected chi connectivity index (χ1v) is 5.10.